The Morgan fingerprint density at radius 2 is 2.12 bits per heavy atom. The maximum atomic E-state index is 11.4. The first-order chi connectivity index (χ1) is 7.44. The van der Waals surface area contributed by atoms with Gasteiger partial charge in [-0.15, -0.1) is 0 Å². The molecule has 94 valence electrons. The number of nitriles is 1. The summed E-state index contributed by atoms with van der Waals surface area (Å²) in [6.45, 7) is 3.59. The van der Waals surface area contributed by atoms with Gasteiger partial charge in [0.25, 0.3) is 0 Å². The van der Waals surface area contributed by atoms with Gasteiger partial charge in [-0.3, -0.25) is 0 Å². The average Bonchev–Trinajstić information content (AvgIpc) is 2.24. The van der Waals surface area contributed by atoms with E-state index in [0.29, 0.717) is 19.7 Å². The monoisotopic (exact) mass is 249 g/mol. The molecule has 0 spiro atoms. The zero-order valence-corrected chi connectivity index (χ0v) is 10.7. The lowest BCUT2D eigenvalue weighted by atomic mass is 10.5. The highest BCUT2D eigenvalue weighted by molar-refractivity contribution is 7.90. The van der Waals surface area contributed by atoms with E-state index in [1.54, 1.807) is 13.2 Å². The van der Waals surface area contributed by atoms with Crippen molar-refractivity contribution in [3.8, 4) is 6.07 Å². The van der Waals surface area contributed by atoms with Gasteiger partial charge < -0.3 is 9.64 Å². The van der Waals surface area contributed by atoms with Crippen molar-refractivity contribution in [2.24, 2.45) is 0 Å². The lowest BCUT2D eigenvalue weighted by Crippen LogP contribution is -2.37. The van der Waals surface area contributed by atoms with Crippen LogP contribution in [0.15, 0.2) is 0 Å². The summed E-state index contributed by atoms with van der Waals surface area (Å²) in [5.41, 5.74) is 0. The first-order valence-electron chi connectivity index (χ1n) is 4.99. The molecule has 1 unspecified atom stereocenters. The third-order valence-corrected chi connectivity index (χ3v) is 3.76. The molecule has 0 aromatic rings. The van der Waals surface area contributed by atoms with Crippen LogP contribution in [0.2, 0.25) is 0 Å². The number of nitrogens with one attached hydrogen (secondary N) is 1. The SMILES string of the molecule is COCCN(C)CCNS(=O)(=O)C(C)C#N. The molecule has 0 fully saturated rings. The topological polar surface area (TPSA) is 82.4 Å². The Kier molecular flexibility index (Phi) is 7.25. The highest BCUT2D eigenvalue weighted by atomic mass is 32.2. The fraction of sp³-hybridized carbons (Fsp3) is 0.889. The zero-order valence-electron chi connectivity index (χ0n) is 9.93. The number of ether oxygens (including phenoxy) is 1. The van der Waals surface area contributed by atoms with E-state index in [4.69, 9.17) is 10.00 Å². The molecule has 0 saturated carbocycles. The maximum absolute atomic E-state index is 11.4. The predicted molar refractivity (Wildman–Crippen MR) is 61.4 cm³/mol. The Hall–Kier alpha value is -0.680. The van der Waals surface area contributed by atoms with Crippen molar-refractivity contribution < 1.29 is 13.2 Å². The highest BCUT2D eigenvalue weighted by Gasteiger charge is 2.18. The second-order valence-electron chi connectivity index (χ2n) is 3.51. The fourth-order valence-electron chi connectivity index (χ4n) is 0.932. The first kappa shape index (κ1) is 15.3. The molecule has 0 rings (SSSR count). The van der Waals surface area contributed by atoms with Crippen molar-refractivity contribution in [2.45, 2.75) is 12.2 Å². The number of methoxy groups -OCH3 is 1. The molecule has 0 bridgehead atoms. The Bertz CT molecular complexity index is 323. The maximum Gasteiger partial charge on any atom is 0.227 e. The van der Waals surface area contributed by atoms with E-state index >= 15 is 0 Å². The molecule has 6 nitrogen and oxygen atoms in total. The third kappa shape index (κ3) is 6.02. The van der Waals surface area contributed by atoms with Gasteiger partial charge in [-0.1, -0.05) is 0 Å². The molecule has 0 aromatic heterocycles. The van der Waals surface area contributed by atoms with Gasteiger partial charge in [-0.2, -0.15) is 5.26 Å². The van der Waals surface area contributed by atoms with E-state index in [2.05, 4.69) is 4.72 Å². The van der Waals surface area contributed by atoms with Gasteiger partial charge >= 0.3 is 0 Å². The Morgan fingerprint density at radius 3 is 2.62 bits per heavy atom. The van der Waals surface area contributed by atoms with Crippen LogP contribution in [0.1, 0.15) is 6.92 Å². The fourth-order valence-corrected chi connectivity index (χ4v) is 1.70. The van der Waals surface area contributed by atoms with Crippen LogP contribution in [0.5, 0.6) is 0 Å². The van der Waals surface area contributed by atoms with E-state index in [0.717, 1.165) is 6.54 Å². The normalized spacial score (nSPS) is 13.7. The van der Waals surface area contributed by atoms with Gasteiger partial charge in [-0.25, -0.2) is 13.1 Å². The van der Waals surface area contributed by atoms with E-state index in [1.807, 2.05) is 11.9 Å². The molecule has 1 N–H and O–H groups in total. The number of sulfonamides is 1. The quantitative estimate of drug-likeness (QED) is 0.621. The van der Waals surface area contributed by atoms with E-state index in [1.165, 1.54) is 6.92 Å². The van der Waals surface area contributed by atoms with Crippen molar-refractivity contribution in [1.82, 2.24) is 9.62 Å². The standard InChI is InChI=1S/C9H19N3O3S/c1-9(8-10)16(13,14)11-4-5-12(2)6-7-15-3/h9,11H,4-7H2,1-3H3. The van der Waals surface area contributed by atoms with Crippen molar-refractivity contribution in [3.63, 3.8) is 0 Å². The van der Waals surface area contributed by atoms with Gasteiger partial charge in [0.1, 0.15) is 0 Å². The average molecular weight is 249 g/mol. The Morgan fingerprint density at radius 1 is 1.50 bits per heavy atom. The van der Waals surface area contributed by atoms with Gasteiger partial charge in [0, 0.05) is 26.7 Å². The third-order valence-electron chi connectivity index (χ3n) is 2.12. The summed E-state index contributed by atoms with van der Waals surface area (Å²) >= 11 is 0. The summed E-state index contributed by atoms with van der Waals surface area (Å²) in [6.07, 6.45) is 0. The van der Waals surface area contributed by atoms with Crippen LogP contribution >= 0.6 is 0 Å². The Labute approximate surface area is 97.2 Å². The molecular formula is C9H19N3O3S. The highest BCUT2D eigenvalue weighted by Crippen LogP contribution is 1.95. The number of likely N-dealkylation sites (N-methyl/N-ethyl adjacent to an activating group) is 1. The molecule has 16 heavy (non-hydrogen) atoms. The predicted octanol–water partition coefficient (Wildman–Crippen LogP) is -0.604. The van der Waals surface area contributed by atoms with Crippen LogP contribution in [0, 0.1) is 11.3 Å². The minimum atomic E-state index is -3.50. The van der Waals surface area contributed by atoms with Crippen molar-refractivity contribution in [3.05, 3.63) is 0 Å². The summed E-state index contributed by atoms with van der Waals surface area (Å²) in [4.78, 5) is 1.95. The minimum absolute atomic E-state index is 0.300. The lowest BCUT2D eigenvalue weighted by molar-refractivity contribution is 0.162. The van der Waals surface area contributed by atoms with Gasteiger partial charge in [-0.05, 0) is 14.0 Å². The summed E-state index contributed by atoms with van der Waals surface area (Å²) in [7, 11) is -0.00330. The molecule has 7 heteroatoms. The van der Waals surface area contributed by atoms with Crippen molar-refractivity contribution in [2.75, 3.05) is 40.4 Å². The van der Waals surface area contributed by atoms with Crippen LogP contribution in [0.4, 0.5) is 0 Å². The summed E-state index contributed by atoms with van der Waals surface area (Å²) in [6, 6.07) is 1.69. The van der Waals surface area contributed by atoms with Gasteiger partial charge in [0.15, 0.2) is 5.25 Å². The van der Waals surface area contributed by atoms with E-state index in [9.17, 15) is 8.42 Å². The van der Waals surface area contributed by atoms with Gasteiger partial charge in [0.05, 0.1) is 12.7 Å². The molecule has 0 radical (unpaired) electrons. The number of hydrogen-bond donors (Lipinski definition) is 1. The summed E-state index contributed by atoms with van der Waals surface area (Å²) < 4.78 is 30.0. The summed E-state index contributed by atoms with van der Waals surface area (Å²) in [5, 5.41) is 7.48. The first-order valence-corrected chi connectivity index (χ1v) is 6.54. The van der Waals surface area contributed by atoms with Crippen LogP contribution in [-0.2, 0) is 14.8 Å². The largest absolute Gasteiger partial charge is 0.383 e. The smallest absolute Gasteiger partial charge is 0.227 e. The zero-order chi connectivity index (χ0) is 12.6. The van der Waals surface area contributed by atoms with Gasteiger partial charge in [0.2, 0.25) is 10.0 Å². The van der Waals surface area contributed by atoms with Crippen LogP contribution in [0.25, 0.3) is 0 Å². The van der Waals surface area contributed by atoms with Crippen LogP contribution in [-0.4, -0.2) is 59.0 Å². The molecule has 0 aliphatic heterocycles. The molecule has 0 aliphatic rings. The number of rotatable bonds is 8. The molecule has 0 heterocycles. The van der Waals surface area contributed by atoms with Crippen LogP contribution < -0.4 is 4.72 Å². The van der Waals surface area contributed by atoms with E-state index in [-0.39, 0.29) is 0 Å². The summed E-state index contributed by atoms with van der Waals surface area (Å²) in [5.74, 6) is 0. The molecule has 0 aliphatic carbocycles. The molecule has 0 saturated heterocycles. The molecular weight excluding hydrogens is 230 g/mol. The van der Waals surface area contributed by atoms with Crippen molar-refractivity contribution >= 4 is 10.0 Å². The van der Waals surface area contributed by atoms with Crippen LogP contribution in [0.3, 0.4) is 0 Å². The minimum Gasteiger partial charge on any atom is -0.383 e. The second-order valence-corrected chi connectivity index (χ2v) is 5.59. The number of hydrogen-bond acceptors (Lipinski definition) is 5. The Balaban J connectivity index is 3.86. The second kappa shape index (κ2) is 7.57. The lowest BCUT2D eigenvalue weighted by Gasteiger charge is -2.16. The van der Waals surface area contributed by atoms with E-state index < -0.39 is 15.3 Å². The molecule has 0 aromatic carbocycles. The molecule has 0 amide bonds. The number of nitrogens with zero attached hydrogens (tertiary/aromatic N) is 2. The van der Waals surface area contributed by atoms with Crippen molar-refractivity contribution in [1.29, 1.82) is 5.26 Å². The molecule has 1 atom stereocenters.